The zero-order valence-electron chi connectivity index (χ0n) is 23.3. The van der Waals surface area contributed by atoms with Gasteiger partial charge in [-0.25, -0.2) is 13.5 Å². The lowest BCUT2D eigenvalue weighted by Gasteiger charge is -2.23. The van der Waals surface area contributed by atoms with Crippen LogP contribution in [0.25, 0.3) is 16.9 Å². The van der Waals surface area contributed by atoms with Crippen molar-refractivity contribution >= 4 is 29.4 Å². The van der Waals surface area contributed by atoms with Crippen molar-refractivity contribution in [3.05, 3.63) is 137 Å². The molecule has 0 radical (unpaired) electrons. The Bertz CT molecular complexity index is 1770. The van der Waals surface area contributed by atoms with Crippen molar-refractivity contribution in [1.29, 1.82) is 0 Å². The molecule has 0 saturated heterocycles. The molecule has 43 heavy (non-hydrogen) atoms. The van der Waals surface area contributed by atoms with Crippen LogP contribution in [0.5, 0.6) is 0 Å². The third-order valence-corrected chi connectivity index (χ3v) is 8.62. The molecule has 4 aromatic carbocycles. The first-order chi connectivity index (χ1) is 20.9. The minimum absolute atomic E-state index is 0.135. The van der Waals surface area contributed by atoms with Gasteiger partial charge in [-0.1, -0.05) is 66.7 Å². The van der Waals surface area contributed by atoms with Crippen LogP contribution in [0.15, 0.2) is 103 Å². The maximum Gasteiger partial charge on any atom is 0.240 e. The standard InChI is InChI=1S/C34H28F2N4O2S/c1-22-7-5-6-10-28(22)33-31-32(24-8-3-2-4-9-24)38-40(27-17-15-26(36)16-18-27)34(31)39(30(42)21-43-33)20-29(41)37-19-23-11-13-25(35)14-12-23/h2-18,33H,19-21H2,1H3,(H,37,41)/t33-/m1/s1. The summed E-state index contributed by atoms with van der Waals surface area (Å²) >= 11 is 1.49. The first-order valence-corrected chi connectivity index (χ1v) is 14.9. The Morgan fingerprint density at radius 3 is 2.26 bits per heavy atom. The Balaban J connectivity index is 1.50. The SMILES string of the molecule is Cc1ccccc1[C@H]1SCC(=O)N(CC(=O)NCc2ccc(F)cc2)c2c1c(-c1ccccc1)nn2-c1ccc(F)cc1. The Kier molecular flexibility index (Phi) is 8.07. The van der Waals surface area contributed by atoms with E-state index in [2.05, 4.69) is 11.4 Å². The molecule has 9 heteroatoms. The second-order valence-corrected chi connectivity index (χ2v) is 11.4. The first-order valence-electron chi connectivity index (χ1n) is 13.8. The molecule has 5 aromatic rings. The van der Waals surface area contributed by atoms with E-state index in [0.29, 0.717) is 17.2 Å². The van der Waals surface area contributed by atoms with Gasteiger partial charge in [0.25, 0.3) is 0 Å². The van der Waals surface area contributed by atoms with Crippen LogP contribution in [0.4, 0.5) is 14.6 Å². The number of thioether (sulfide) groups is 1. The van der Waals surface area contributed by atoms with E-state index in [4.69, 9.17) is 5.10 Å². The highest BCUT2D eigenvalue weighted by atomic mass is 32.2. The highest BCUT2D eigenvalue weighted by molar-refractivity contribution is 8.00. The fraction of sp³-hybridized carbons (Fsp3) is 0.147. The smallest absolute Gasteiger partial charge is 0.240 e. The number of rotatable bonds is 7. The molecule has 6 rings (SSSR count). The van der Waals surface area contributed by atoms with E-state index in [-0.39, 0.29) is 41.7 Å². The second kappa shape index (κ2) is 12.2. The zero-order chi connectivity index (χ0) is 29.9. The number of nitrogens with zero attached hydrogens (tertiary/aromatic N) is 3. The van der Waals surface area contributed by atoms with Crippen LogP contribution < -0.4 is 10.2 Å². The zero-order valence-corrected chi connectivity index (χ0v) is 24.2. The number of fused-ring (bicyclic) bond motifs is 1. The molecule has 1 atom stereocenters. The molecule has 0 unspecified atom stereocenters. The fourth-order valence-electron chi connectivity index (χ4n) is 5.22. The topological polar surface area (TPSA) is 67.2 Å². The first kappa shape index (κ1) is 28.4. The van der Waals surface area contributed by atoms with E-state index >= 15 is 0 Å². The highest BCUT2D eigenvalue weighted by Gasteiger charge is 2.38. The van der Waals surface area contributed by atoms with E-state index in [1.807, 2.05) is 55.5 Å². The number of hydrogen-bond acceptors (Lipinski definition) is 4. The number of carbonyl (C=O) groups excluding carboxylic acids is 2. The van der Waals surface area contributed by atoms with Crippen molar-refractivity contribution in [3.8, 4) is 16.9 Å². The van der Waals surface area contributed by atoms with Gasteiger partial charge in [-0.3, -0.25) is 14.5 Å². The van der Waals surface area contributed by atoms with Crippen LogP contribution >= 0.6 is 11.8 Å². The van der Waals surface area contributed by atoms with Gasteiger partial charge in [0.05, 0.1) is 22.4 Å². The number of aryl methyl sites for hydroxylation is 1. The van der Waals surface area contributed by atoms with Crippen molar-refractivity contribution in [1.82, 2.24) is 15.1 Å². The van der Waals surface area contributed by atoms with Crippen LogP contribution in [0, 0.1) is 18.6 Å². The number of aromatic nitrogens is 2. The van der Waals surface area contributed by atoms with E-state index < -0.39 is 5.82 Å². The average Bonchev–Trinajstić information content (AvgIpc) is 3.35. The van der Waals surface area contributed by atoms with Gasteiger partial charge in [-0.2, -0.15) is 5.10 Å². The predicted octanol–water partition coefficient (Wildman–Crippen LogP) is 6.61. The number of benzene rings is 4. The lowest BCUT2D eigenvalue weighted by Crippen LogP contribution is -2.42. The maximum absolute atomic E-state index is 14.0. The number of nitrogens with one attached hydrogen (secondary N) is 1. The predicted molar refractivity (Wildman–Crippen MR) is 165 cm³/mol. The van der Waals surface area contributed by atoms with Crippen LogP contribution in [-0.4, -0.2) is 33.9 Å². The third kappa shape index (κ3) is 5.94. The number of anilines is 1. The summed E-state index contributed by atoms with van der Waals surface area (Å²) < 4.78 is 29.0. The Hall–Kier alpha value is -4.76. The van der Waals surface area contributed by atoms with Gasteiger partial charge in [-0.15, -0.1) is 11.8 Å². The van der Waals surface area contributed by atoms with Gasteiger partial charge >= 0.3 is 0 Å². The summed E-state index contributed by atoms with van der Waals surface area (Å²) in [6.07, 6.45) is 0. The summed E-state index contributed by atoms with van der Waals surface area (Å²) in [5.41, 5.74) is 5.72. The minimum Gasteiger partial charge on any atom is -0.350 e. The maximum atomic E-state index is 14.0. The second-order valence-electron chi connectivity index (χ2n) is 10.3. The molecule has 0 fully saturated rings. The molecule has 1 aliphatic heterocycles. The highest BCUT2D eigenvalue weighted by Crippen LogP contribution is 2.49. The summed E-state index contributed by atoms with van der Waals surface area (Å²) in [7, 11) is 0. The molecule has 2 heterocycles. The van der Waals surface area contributed by atoms with Crippen molar-refractivity contribution in [2.24, 2.45) is 0 Å². The normalized spacial score (nSPS) is 14.7. The average molecular weight is 595 g/mol. The fourth-order valence-corrected chi connectivity index (χ4v) is 6.51. The number of amides is 2. The molecular weight excluding hydrogens is 566 g/mol. The van der Waals surface area contributed by atoms with Crippen LogP contribution in [0.2, 0.25) is 0 Å². The molecule has 1 aliphatic rings. The molecule has 6 nitrogen and oxygen atoms in total. The quantitative estimate of drug-likeness (QED) is 0.230. The van der Waals surface area contributed by atoms with E-state index in [0.717, 1.165) is 27.8 Å². The molecular formula is C34H28F2N4O2S. The monoisotopic (exact) mass is 594 g/mol. The summed E-state index contributed by atoms with van der Waals surface area (Å²) in [4.78, 5) is 28.7. The van der Waals surface area contributed by atoms with Crippen molar-refractivity contribution in [3.63, 3.8) is 0 Å². The van der Waals surface area contributed by atoms with Gasteiger partial charge in [0, 0.05) is 17.7 Å². The summed E-state index contributed by atoms with van der Waals surface area (Å²) in [5, 5.41) is 7.61. The minimum atomic E-state index is -0.397. The summed E-state index contributed by atoms with van der Waals surface area (Å²) in [6, 6.07) is 29.5. The Morgan fingerprint density at radius 1 is 0.907 bits per heavy atom. The molecule has 1 N–H and O–H groups in total. The Labute approximate surface area is 252 Å². The van der Waals surface area contributed by atoms with Gasteiger partial charge in [0.2, 0.25) is 11.8 Å². The lowest BCUT2D eigenvalue weighted by atomic mass is 9.97. The molecule has 0 aliphatic carbocycles. The van der Waals surface area contributed by atoms with Gasteiger partial charge in [0.15, 0.2) is 0 Å². The molecule has 216 valence electrons. The molecule has 0 bridgehead atoms. The van der Waals surface area contributed by atoms with E-state index in [1.165, 1.54) is 40.9 Å². The van der Waals surface area contributed by atoms with Crippen molar-refractivity contribution in [2.75, 3.05) is 17.2 Å². The molecule has 2 amide bonds. The van der Waals surface area contributed by atoms with Gasteiger partial charge in [-0.05, 0) is 60.0 Å². The molecule has 0 saturated carbocycles. The number of hydrogen-bond donors (Lipinski definition) is 1. The van der Waals surface area contributed by atoms with E-state index in [9.17, 15) is 18.4 Å². The lowest BCUT2D eigenvalue weighted by molar-refractivity contribution is -0.123. The van der Waals surface area contributed by atoms with Gasteiger partial charge < -0.3 is 5.32 Å². The largest absolute Gasteiger partial charge is 0.350 e. The van der Waals surface area contributed by atoms with Crippen LogP contribution in [0.1, 0.15) is 27.5 Å². The third-order valence-electron chi connectivity index (χ3n) is 7.38. The number of carbonyl (C=O) groups is 2. The Morgan fingerprint density at radius 2 is 1.56 bits per heavy atom. The molecule has 0 spiro atoms. The van der Waals surface area contributed by atoms with Crippen LogP contribution in [0.3, 0.4) is 0 Å². The summed E-state index contributed by atoms with van der Waals surface area (Å²) in [6.45, 7) is 1.96. The van der Waals surface area contributed by atoms with Crippen molar-refractivity contribution in [2.45, 2.75) is 18.7 Å². The van der Waals surface area contributed by atoms with E-state index in [1.54, 1.807) is 28.9 Å². The molecule has 1 aromatic heterocycles. The van der Waals surface area contributed by atoms with Crippen molar-refractivity contribution < 1.29 is 18.4 Å². The summed E-state index contributed by atoms with van der Waals surface area (Å²) in [5.74, 6) is -0.784. The number of halogens is 2. The van der Waals surface area contributed by atoms with Crippen LogP contribution in [-0.2, 0) is 16.1 Å². The van der Waals surface area contributed by atoms with Gasteiger partial charge in [0.1, 0.15) is 24.0 Å².